The highest BCUT2D eigenvalue weighted by atomic mass is 16.3. The molecule has 3 heteroatoms. The molecule has 1 unspecified atom stereocenters. The van der Waals surface area contributed by atoms with Crippen molar-refractivity contribution < 1.29 is 9.90 Å². The summed E-state index contributed by atoms with van der Waals surface area (Å²) in [5, 5.41) is 12.5. The molecule has 1 saturated carbocycles. The number of hydrogen-bond donors (Lipinski definition) is 2. The molecule has 0 radical (unpaired) electrons. The summed E-state index contributed by atoms with van der Waals surface area (Å²) in [6.45, 7) is 9.59. The third-order valence-electron chi connectivity index (χ3n) is 3.90. The Bertz CT molecular complexity index is 275. The molecule has 112 valence electrons. The van der Waals surface area contributed by atoms with Crippen molar-refractivity contribution >= 4 is 5.91 Å². The highest BCUT2D eigenvalue weighted by Crippen LogP contribution is 2.26. The van der Waals surface area contributed by atoms with Gasteiger partial charge >= 0.3 is 0 Å². The van der Waals surface area contributed by atoms with E-state index < -0.39 is 0 Å². The molecule has 0 spiro atoms. The van der Waals surface area contributed by atoms with Crippen LogP contribution in [0.4, 0.5) is 0 Å². The molecule has 1 atom stereocenters. The minimum Gasteiger partial charge on any atom is -0.393 e. The van der Waals surface area contributed by atoms with Crippen LogP contribution in [0.25, 0.3) is 0 Å². The fourth-order valence-corrected chi connectivity index (χ4v) is 3.11. The fourth-order valence-electron chi connectivity index (χ4n) is 3.11. The molecule has 0 bridgehead atoms. The molecule has 1 rings (SSSR count). The first-order valence-electron chi connectivity index (χ1n) is 7.71. The molecule has 1 fully saturated rings. The fraction of sp³-hybridized carbons (Fsp3) is 0.938. The zero-order chi connectivity index (χ0) is 14.5. The Labute approximate surface area is 118 Å². The van der Waals surface area contributed by atoms with Crippen LogP contribution < -0.4 is 5.32 Å². The molecule has 0 heterocycles. The molecule has 1 aliphatic carbocycles. The summed E-state index contributed by atoms with van der Waals surface area (Å²) in [5.74, 6) is 1.18. The first kappa shape index (κ1) is 16.5. The second-order valence-corrected chi connectivity index (χ2v) is 7.55. The zero-order valence-electron chi connectivity index (χ0n) is 13.0. The van der Waals surface area contributed by atoms with Gasteiger partial charge in [0.15, 0.2) is 0 Å². The van der Waals surface area contributed by atoms with Gasteiger partial charge in [0.2, 0.25) is 5.91 Å². The number of aliphatic hydroxyl groups excluding tert-OH is 1. The maximum atomic E-state index is 11.9. The molecule has 0 aromatic carbocycles. The monoisotopic (exact) mass is 269 g/mol. The number of carbonyl (C=O) groups excluding carboxylic acids is 1. The van der Waals surface area contributed by atoms with E-state index in [-0.39, 0.29) is 12.0 Å². The normalized spacial score (nSPS) is 25.9. The largest absolute Gasteiger partial charge is 0.393 e. The van der Waals surface area contributed by atoms with Crippen LogP contribution in [-0.2, 0) is 4.79 Å². The molecular weight excluding hydrogens is 238 g/mol. The van der Waals surface area contributed by atoms with Crippen molar-refractivity contribution in [1.29, 1.82) is 0 Å². The van der Waals surface area contributed by atoms with Crippen molar-refractivity contribution in [2.45, 2.75) is 72.3 Å². The Morgan fingerprint density at radius 2 is 1.84 bits per heavy atom. The maximum absolute atomic E-state index is 11.9. The van der Waals surface area contributed by atoms with Crippen molar-refractivity contribution in [2.75, 3.05) is 6.54 Å². The Morgan fingerprint density at radius 3 is 2.37 bits per heavy atom. The van der Waals surface area contributed by atoms with Gasteiger partial charge in [-0.3, -0.25) is 4.79 Å². The lowest BCUT2D eigenvalue weighted by molar-refractivity contribution is -0.122. The van der Waals surface area contributed by atoms with E-state index in [9.17, 15) is 9.90 Å². The summed E-state index contributed by atoms with van der Waals surface area (Å²) in [4.78, 5) is 11.9. The van der Waals surface area contributed by atoms with Crippen LogP contribution in [0.15, 0.2) is 0 Å². The van der Waals surface area contributed by atoms with Gasteiger partial charge in [0.1, 0.15) is 0 Å². The third kappa shape index (κ3) is 7.56. The highest BCUT2D eigenvalue weighted by molar-refractivity contribution is 5.76. The van der Waals surface area contributed by atoms with Gasteiger partial charge in [0.05, 0.1) is 6.10 Å². The van der Waals surface area contributed by atoms with E-state index in [0.29, 0.717) is 23.7 Å². The Morgan fingerprint density at radius 1 is 1.26 bits per heavy atom. The SMILES string of the molecule is CC(CC(=O)NCC1CCC(O)CC1)CC(C)(C)C. The molecule has 1 aliphatic rings. The maximum Gasteiger partial charge on any atom is 0.220 e. The van der Waals surface area contributed by atoms with Crippen LogP contribution in [-0.4, -0.2) is 23.7 Å². The van der Waals surface area contributed by atoms with E-state index in [1.807, 2.05) is 0 Å². The minimum absolute atomic E-state index is 0.112. The Balaban J connectivity index is 2.17. The quantitative estimate of drug-likeness (QED) is 0.805. The van der Waals surface area contributed by atoms with E-state index in [1.165, 1.54) is 0 Å². The average Bonchev–Trinajstić information content (AvgIpc) is 2.25. The van der Waals surface area contributed by atoms with E-state index in [2.05, 4.69) is 33.0 Å². The van der Waals surface area contributed by atoms with Crippen LogP contribution >= 0.6 is 0 Å². The Kier molecular flexibility index (Phi) is 6.31. The summed E-state index contributed by atoms with van der Waals surface area (Å²) in [6.07, 6.45) is 5.46. The standard InChI is InChI=1S/C16H31NO2/c1-12(10-16(2,3)4)9-15(19)17-11-13-5-7-14(18)8-6-13/h12-14,18H,5-11H2,1-4H3,(H,17,19). The number of amides is 1. The first-order valence-corrected chi connectivity index (χ1v) is 7.71. The van der Waals surface area contributed by atoms with Crippen molar-refractivity contribution in [3.05, 3.63) is 0 Å². The van der Waals surface area contributed by atoms with Crippen LogP contribution in [0.1, 0.15) is 66.2 Å². The predicted octanol–water partition coefficient (Wildman–Crippen LogP) is 3.12. The smallest absolute Gasteiger partial charge is 0.220 e. The van der Waals surface area contributed by atoms with Crippen LogP contribution in [0.5, 0.6) is 0 Å². The van der Waals surface area contributed by atoms with Crippen molar-refractivity contribution in [1.82, 2.24) is 5.32 Å². The summed E-state index contributed by atoms with van der Waals surface area (Å²) in [7, 11) is 0. The van der Waals surface area contributed by atoms with Crippen LogP contribution in [0.2, 0.25) is 0 Å². The van der Waals surface area contributed by atoms with E-state index in [4.69, 9.17) is 0 Å². The summed E-state index contributed by atoms with van der Waals surface area (Å²) < 4.78 is 0. The van der Waals surface area contributed by atoms with Crippen LogP contribution in [0, 0.1) is 17.3 Å². The second kappa shape index (κ2) is 7.28. The first-order chi connectivity index (χ1) is 8.76. The number of carbonyl (C=O) groups is 1. The molecule has 0 aromatic rings. The van der Waals surface area contributed by atoms with Crippen molar-refractivity contribution in [2.24, 2.45) is 17.3 Å². The van der Waals surface area contributed by atoms with E-state index in [0.717, 1.165) is 38.6 Å². The van der Waals surface area contributed by atoms with Gasteiger partial charge in [0, 0.05) is 13.0 Å². The number of nitrogens with one attached hydrogen (secondary N) is 1. The number of aliphatic hydroxyl groups is 1. The van der Waals surface area contributed by atoms with Gasteiger partial charge in [-0.1, -0.05) is 27.7 Å². The molecular formula is C16H31NO2. The highest BCUT2D eigenvalue weighted by Gasteiger charge is 2.21. The molecule has 19 heavy (non-hydrogen) atoms. The lowest BCUT2D eigenvalue weighted by atomic mass is 9.84. The van der Waals surface area contributed by atoms with Crippen LogP contribution in [0.3, 0.4) is 0 Å². The summed E-state index contributed by atoms with van der Waals surface area (Å²) >= 11 is 0. The molecule has 0 aromatic heterocycles. The molecule has 3 nitrogen and oxygen atoms in total. The van der Waals surface area contributed by atoms with Gasteiger partial charge < -0.3 is 10.4 Å². The Hall–Kier alpha value is -0.570. The summed E-state index contributed by atoms with van der Waals surface area (Å²) in [6, 6.07) is 0. The van der Waals surface area contributed by atoms with Gasteiger partial charge in [-0.2, -0.15) is 0 Å². The number of hydrogen-bond acceptors (Lipinski definition) is 2. The molecule has 0 aliphatic heterocycles. The minimum atomic E-state index is -0.112. The second-order valence-electron chi connectivity index (χ2n) is 7.55. The van der Waals surface area contributed by atoms with Gasteiger partial charge in [-0.05, 0) is 49.4 Å². The van der Waals surface area contributed by atoms with Gasteiger partial charge in [-0.25, -0.2) is 0 Å². The molecule has 0 saturated heterocycles. The van der Waals surface area contributed by atoms with E-state index >= 15 is 0 Å². The topological polar surface area (TPSA) is 49.3 Å². The predicted molar refractivity (Wildman–Crippen MR) is 78.8 cm³/mol. The molecule has 1 amide bonds. The third-order valence-corrected chi connectivity index (χ3v) is 3.90. The lowest BCUT2D eigenvalue weighted by Crippen LogP contribution is -2.33. The lowest BCUT2D eigenvalue weighted by Gasteiger charge is -2.26. The summed E-state index contributed by atoms with van der Waals surface area (Å²) in [5.41, 5.74) is 0.291. The van der Waals surface area contributed by atoms with Crippen molar-refractivity contribution in [3.63, 3.8) is 0 Å². The van der Waals surface area contributed by atoms with Gasteiger partial charge in [0.25, 0.3) is 0 Å². The molecule has 2 N–H and O–H groups in total. The van der Waals surface area contributed by atoms with Crippen molar-refractivity contribution in [3.8, 4) is 0 Å². The zero-order valence-corrected chi connectivity index (χ0v) is 13.0. The number of rotatable bonds is 5. The van der Waals surface area contributed by atoms with E-state index in [1.54, 1.807) is 0 Å². The van der Waals surface area contributed by atoms with Gasteiger partial charge in [-0.15, -0.1) is 0 Å². The average molecular weight is 269 g/mol.